The molecule has 0 bridgehead atoms. The summed E-state index contributed by atoms with van der Waals surface area (Å²) >= 11 is 3.05. The van der Waals surface area contributed by atoms with Crippen LogP contribution in [0.5, 0.6) is 0 Å². The molecule has 0 saturated carbocycles. The average Bonchev–Trinajstić information content (AvgIpc) is 3.30. The fourth-order valence-electron chi connectivity index (χ4n) is 2.85. The van der Waals surface area contributed by atoms with Crippen LogP contribution in [0.3, 0.4) is 0 Å². The Balaban J connectivity index is 1.55. The summed E-state index contributed by atoms with van der Waals surface area (Å²) in [5.41, 5.74) is 0. The topological polar surface area (TPSA) is 29.5 Å². The highest BCUT2D eigenvalue weighted by atomic mass is 32.2. The van der Waals surface area contributed by atoms with Gasteiger partial charge in [0.15, 0.2) is 0 Å². The standard InChI is InChI=1S/C19H22FNO2S2/c20-17-7-1-2-8-18(17)25-12-9-19(22)21(13-15-5-3-10-23-15)14-16-6-4-11-24-16/h1-2,4,6-8,11,15H,3,5,9-10,12-14H2. The second-order valence-corrected chi connectivity index (χ2v) is 8.19. The van der Waals surface area contributed by atoms with E-state index in [9.17, 15) is 9.18 Å². The molecule has 3 nitrogen and oxygen atoms in total. The van der Waals surface area contributed by atoms with Gasteiger partial charge >= 0.3 is 0 Å². The molecule has 1 saturated heterocycles. The van der Waals surface area contributed by atoms with Gasteiger partial charge in [0.25, 0.3) is 0 Å². The predicted molar refractivity (Wildman–Crippen MR) is 100 cm³/mol. The van der Waals surface area contributed by atoms with E-state index in [1.54, 1.807) is 23.5 Å². The van der Waals surface area contributed by atoms with Gasteiger partial charge in [-0.15, -0.1) is 23.1 Å². The number of carbonyl (C=O) groups is 1. The highest BCUT2D eigenvalue weighted by molar-refractivity contribution is 7.99. The molecule has 134 valence electrons. The van der Waals surface area contributed by atoms with Gasteiger partial charge in [0.05, 0.1) is 12.6 Å². The van der Waals surface area contributed by atoms with Crippen molar-refractivity contribution in [1.29, 1.82) is 0 Å². The minimum absolute atomic E-state index is 0.104. The number of thiophene rings is 1. The SMILES string of the molecule is O=C(CCSc1ccccc1F)N(Cc1cccs1)CC1CCCO1. The number of carbonyl (C=O) groups excluding carboxylic acids is 1. The van der Waals surface area contributed by atoms with E-state index in [2.05, 4.69) is 6.07 Å². The lowest BCUT2D eigenvalue weighted by molar-refractivity contribution is -0.132. The van der Waals surface area contributed by atoms with Gasteiger partial charge in [-0.25, -0.2) is 4.39 Å². The van der Waals surface area contributed by atoms with Crippen molar-refractivity contribution in [2.45, 2.75) is 36.8 Å². The molecule has 1 unspecified atom stereocenters. The van der Waals surface area contributed by atoms with Gasteiger partial charge in [0.1, 0.15) is 5.82 Å². The molecule has 1 atom stereocenters. The zero-order valence-electron chi connectivity index (χ0n) is 14.0. The molecule has 25 heavy (non-hydrogen) atoms. The van der Waals surface area contributed by atoms with E-state index in [4.69, 9.17) is 4.74 Å². The second-order valence-electron chi connectivity index (χ2n) is 6.02. The van der Waals surface area contributed by atoms with Crippen LogP contribution >= 0.6 is 23.1 Å². The maximum absolute atomic E-state index is 13.7. The Bertz CT molecular complexity index is 672. The smallest absolute Gasteiger partial charge is 0.223 e. The molecule has 1 amide bonds. The first kappa shape index (κ1) is 18.4. The largest absolute Gasteiger partial charge is 0.376 e. The normalized spacial score (nSPS) is 16.9. The minimum atomic E-state index is -0.227. The zero-order chi connectivity index (χ0) is 17.5. The summed E-state index contributed by atoms with van der Waals surface area (Å²) in [5.74, 6) is 0.453. The van der Waals surface area contributed by atoms with Crippen molar-refractivity contribution < 1.29 is 13.9 Å². The van der Waals surface area contributed by atoms with Crippen molar-refractivity contribution in [2.24, 2.45) is 0 Å². The van der Waals surface area contributed by atoms with Crippen LogP contribution in [0.25, 0.3) is 0 Å². The molecular weight excluding hydrogens is 357 g/mol. The van der Waals surface area contributed by atoms with Crippen LogP contribution in [0, 0.1) is 5.82 Å². The highest BCUT2D eigenvalue weighted by Crippen LogP contribution is 2.23. The van der Waals surface area contributed by atoms with E-state index < -0.39 is 0 Å². The summed E-state index contributed by atoms with van der Waals surface area (Å²) in [6.07, 6.45) is 2.62. The van der Waals surface area contributed by atoms with Crippen LogP contribution in [-0.2, 0) is 16.1 Å². The van der Waals surface area contributed by atoms with E-state index in [-0.39, 0.29) is 17.8 Å². The monoisotopic (exact) mass is 379 g/mol. The lowest BCUT2D eigenvalue weighted by Crippen LogP contribution is -2.36. The van der Waals surface area contributed by atoms with Crippen LogP contribution in [0.2, 0.25) is 0 Å². The number of ether oxygens (including phenoxy) is 1. The Hall–Kier alpha value is -1.37. The Labute approximate surface area is 156 Å². The third kappa shape index (κ3) is 5.56. The first-order valence-electron chi connectivity index (χ1n) is 8.51. The van der Waals surface area contributed by atoms with E-state index in [1.807, 2.05) is 22.4 Å². The summed E-state index contributed by atoms with van der Waals surface area (Å²) in [4.78, 5) is 16.4. The van der Waals surface area contributed by atoms with E-state index in [0.29, 0.717) is 30.2 Å². The second kappa shape index (κ2) is 9.36. The van der Waals surface area contributed by atoms with Gasteiger partial charge in [-0.3, -0.25) is 4.79 Å². The number of hydrogen-bond acceptors (Lipinski definition) is 4. The molecule has 1 fully saturated rings. The molecule has 1 aromatic carbocycles. The zero-order valence-corrected chi connectivity index (χ0v) is 15.7. The van der Waals surface area contributed by atoms with Crippen molar-refractivity contribution in [3.8, 4) is 0 Å². The first-order valence-corrected chi connectivity index (χ1v) is 10.4. The minimum Gasteiger partial charge on any atom is -0.376 e. The van der Waals surface area contributed by atoms with Crippen molar-refractivity contribution in [1.82, 2.24) is 4.90 Å². The van der Waals surface area contributed by atoms with Crippen molar-refractivity contribution >= 4 is 29.0 Å². The molecule has 0 aliphatic carbocycles. The molecule has 0 spiro atoms. The molecule has 0 radical (unpaired) electrons. The summed E-state index contributed by atoms with van der Waals surface area (Å²) in [7, 11) is 0. The molecule has 2 aromatic rings. The van der Waals surface area contributed by atoms with E-state index in [0.717, 1.165) is 19.4 Å². The molecular formula is C19H22FNO2S2. The Kier molecular flexibility index (Phi) is 6.90. The number of rotatable bonds is 8. The lowest BCUT2D eigenvalue weighted by atomic mass is 10.2. The van der Waals surface area contributed by atoms with Crippen LogP contribution in [0.15, 0.2) is 46.7 Å². The van der Waals surface area contributed by atoms with Crippen LogP contribution < -0.4 is 0 Å². The summed E-state index contributed by atoms with van der Waals surface area (Å²) in [6.45, 7) is 2.05. The van der Waals surface area contributed by atoms with Crippen LogP contribution in [0.1, 0.15) is 24.1 Å². The summed E-state index contributed by atoms with van der Waals surface area (Å²) in [5, 5.41) is 2.03. The van der Waals surface area contributed by atoms with Gasteiger partial charge < -0.3 is 9.64 Å². The fourth-order valence-corrected chi connectivity index (χ4v) is 4.44. The Morgan fingerprint density at radius 3 is 2.92 bits per heavy atom. The van der Waals surface area contributed by atoms with Crippen molar-refractivity contribution in [2.75, 3.05) is 18.9 Å². The van der Waals surface area contributed by atoms with Crippen molar-refractivity contribution in [3.05, 3.63) is 52.5 Å². The lowest BCUT2D eigenvalue weighted by Gasteiger charge is -2.25. The molecule has 1 aromatic heterocycles. The predicted octanol–water partition coefficient (Wildman–Crippen LogP) is 4.58. The van der Waals surface area contributed by atoms with Crippen LogP contribution in [-0.4, -0.2) is 35.8 Å². The van der Waals surface area contributed by atoms with Gasteiger partial charge in [0.2, 0.25) is 5.91 Å². The van der Waals surface area contributed by atoms with Gasteiger partial charge in [-0.05, 0) is 36.4 Å². The Morgan fingerprint density at radius 2 is 2.20 bits per heavy atom. The van der Waals surface area contributed by atoms with Gasteiger partial charge in [0, 0.05) is 35.1 Å². The number of benzene rings is 1. The van der Waals surface area contributed by atoms with Gasteiger partial charge in [-0.2, -0.15) is 0 Å². The first-order chi connectivity index (χ1) is 12.2. The third-order valence-corrected chi connectivity index (χ3v) is 6.05. The number of thioether (sulfide) groups is 1. The van der Waals surface area contributed by atoms with Crippen LogP contribution in [0.4, 0.5) is 4.39 Å². The molecule has 1 aliphatic heterocycles. The number of nitrogens with zero attached hydrogens (tertiary/aromatic N) is 1. The maximum Gasteiger partial charge on any atom is 0.223 e. The van der Waals surface area contributed by atoms with Crippen molar-refractivity contribution in [3.63, 3.8) is 0 Å². The molecule has 6 heteroatoms. The Morgan fingerprint density at radius 1 is 1.32 bits per heavy atom. The maximum atomic E-state index is 13.7. The van der Waals surface area contributed by atoms with Gasteiger partial charge in [-0.1, -0.05) is 18.2 Å². The fraction of sp³-hybridized carbons (Fsp3) is 0.421. The molecule has 1 aliphatic rings. The molecule has 3 rings (SSSR count). The number of halogens is 1. The number of hydrogen-bond donors (Lipinski definition) is 0. The molecule has 0 N–H and O–H groups in total. The summed E-state index contributed by atoms with van der Waals surface area (Å²) < 4.78 is 19.4. The summed E-state index contributed by atoms with van der Waals surface area (Å²) in [6, 6.07) is 10.7. The van der Waals surface area contributed by atoms with E-state index >= 15 is 0 Å². The molecule has 2 heterocycles. The quantitative estimate of drug-likeness (QED) is 0.629. The average molecular weight is 380 g/mol. The van der Waals surface area contributed by atoms with E-state index in [1.165, 1.54) is 22.7 Å². The third-order valence-electron chi connectivity index (χ3n) is 4.14. The number of amides is 1. The highest BCUT2D eigenvalue weighted by Gasteiger charge is 2.23.